The minimum atomic E-state index is -1.11. The number of aromatic nitrogens is 1. The van der Waals surface area contributed by atoms with Gasteiger partial charge in [-0.25, -0.2) is 14.6 Å². The van der Waals surface area contributed by atoms with E-state index in [-0.39, 0.29) is 36.6 Å². The highest BCUT2D eigenvalue weighted by atomic mass is 16.5. The van der Waals surface area contributed by atoms with E-state index in [4.69, 9.17) is 9.84 Å². The van der Waals surface area contributed by atoms with Crippen molar-refractivity contribution in [2.75, 3.05) is 6.61 Å². The number of hydrogen-bond donors (Lipinski definition) is 3. The molecule has 0 bridgehead atoms. The van der Waals surface area contributed by atoms with Crippen LogP contribution in [0.1, 0.15) is 45.9 Å². The number of nitrogens with one attached hydrogen (secondary N) is 2. The number of ether oxygens (including phenoxy) is 1. The fourth-order valence-corrected chi connectivity index (χ4v) is 4.55. The number of aromatic carboxylic acids is 1. The largest absolute Gasteiger partial charge is 0.477 e. The summed E-state index contributed by atoms with van der Waals surface area (Å²) in [6, 6.07) is 18.5. The minimum absolute atomic E-state index is 0.0531. The molecule has 2 aliphatic carbocycles. The predicted molar refractivity (Wildman–Crippen MR) is 128 cm³/mol. The van der Waals surface area contributed by atoms with Crippen molar-refractivity contribution in [3.05, 3.63) is 89.2 Å². The summed E-state index contributed by atoms with van der Waals surface area (Å²) in [5.74, 6) is -1.39. The van der Waals surface area contributed by atoms with Crippen molar-refractivity contribution >= 4 is 18.0 Å². The summed E-state index contributed by atoms with van der Waals surface area (Å²) in [4.78, 5) is 40.2. The molecule has 1 saturated carbocycles. The quantitative estimate of drug-likeness (QED) is 0.461. The number of carboxylic acids is 1. The van der Waals surface area contributed by atoms with Crippen LogP contribution in [-0.2, 0) is 16.1 Å². The van der Waals surface area contributed by atoms with E-state index in [0.717, 1.165) is 35.1 Å². The lowest BCUT2D eigenvalue weighted by Gasteiger charge is -2.19. The SMILES string of the molecule is O=C(NC(C(=O)NCc1ccc(C(=O)O)nc1)C1CC1)OCC1c2ccccc2-c2ccccc21. The Kier molecular flexibility index (Phi) is 6.18. The number of benzene rings is 2. The predicted octanol–water partition coefficient (Wildman–Crippen LogP) is 3.71. The molecule has 1 atom stereocenters. The topological polar surface area (TPSA) is 118 Å². The van der Waals surface area contributed by atoms with Gasteiger partial charge in [0.2, 0.25) is 5.91 Å². The Bertz CT molecular complexity index is 1220. The number of nitrogens with zero attached hydrogens (tertiary/aromatic N) is 1. The average Bonchev–Trinajstić information content (AvgIpc) is 3.67. The third-order valence-corrected chi connectivity index (χ3v) is 6.50. The van der Waals surface area contributed by atoms with Crippen molar-refractivity contribution in [1.82, 2.24) is 15.6 Å². The lowest BCUT2D eigenvalue weighted by Crippen LogP contribution is -2.48. The maximum atomic E-state index is 12.8. The zero-order valence-corrected chi connectivity index (χ0v) is 18.9. The highest BCUT2D eigenvalue weighted by molar-refractivity contribution is 5.87. The van der Waals surface area contributed by atoms with Crippen LogP contribution in [0.3, 0.4) is 0 Å². The van der Waals surface area contributed by atoms with Crippen LogP contribution in [0, 0.1) is 5.92 Å². The molecule has 2 aliphatic rings. The lowest BCUT2D eigenvalue weighted by molar-refractivity contribution is -0.123. The molecule has 2 aromatic carbocycles. The van der Waals surface area contributed by atoms with Gasteiger partial charge >= 0.3 is 12.1 Å². The van der Waals surface area contributed by atoms with Gasteiger partial charge in [-0.05, 0) is 52.6 Å². The number of carboxylic acid groups (broad SMARTS) is 1. The first-order valence-electron chi connectivity index (χ1n) is 11.6. The van der Waals surface area contributed by atoms with Gasteiger partial charge in [0, 0.05) is 18.7 Å². The zero-order chi connectivity index (χ0) is 24.4. The molecule has 5 rings (SSSR count). The first-order valence-corrected chi connectivity index (χ1v) is 11.6. The van der Waals surface area contributed by atoms with Crippen molar-refractivity contribution in [2.24, 2.45) is 5.92 Å². The van der Waals surface area contributed by atoms with Crippen molar-refractivity contribution in [3.8, 4) is 11.1 Å². The van der Waals surface area contributed by atoms with Crippen LogP contribution in [0.15, 0.2) is 66.9 Å². The molecule has 1 aromatic heterocycles. The van der Waals surface area contributed by atoms with Gasteiger partial charge in [0.25, 0.3) is 0 Å². The van der Waals surface area contributed by atoms with E-state index >= 15 is 0 Å². The molecule has 178 valence electrons. The Balaban J connectivity index is 1.18. The molecule has 0 radical (unpaired) electrons. The first-order chi connectivity index (χ1) is 17.0. The summed E-state index contributed by atoms with van der Waals surface area (Å²) in [5, 5.41) is 14.5. The molecule has 35 heavy (non-hydrogen) atoms. The van der Waals surface area contributed by atoms with Gasteiger partial charge in [-0.3, -0.25) is 4.79 Å². The van der Waals surface area contributed by atoms with Gasteiger partial charge in [0.05, 0.1) is 0 Å². The van der Waals surface area contributed by atoms with Gasteiger partial charge in [-0.15, -0.1) is 0 Å². The Labute approximate surface area is 202 Å². The van der Waals surface area contributed by atoms with Gasteiger partial charge < -0.3 is 20.5 Å². The average molecular weight is 472 g/mol. The van der Waals surface area contributed by atoms with E-state index in [2.05, 4.69) is 39.9 Å². The second-order valence-electron chi connectivity index (χ2n) is 8.86. The molecule has 2 amide bonds. The molecular formula is C27H25N3O5. The van der Waals surface area contributed by atoms with Crippen molar-refractivity contribution < 1.29 is 24.2 Å². The maximum Gasteiger partial charge on any atom is 0.407 e. The van der Waals surface area contributed by atoms with E-state index in [9.17, 15) is 14.4 Å². The molecule has 8 heteroatoms. The number of pyridine rings is 1. The monoisotopic (exact) mass is 471 g/mol. The van der Waals surface area contributed by atoms with Crippen LogP contribution < -0.4 is 10.6 Å². The number of rotatable bonds is 8. The third kappa shape index (κ3) is 4.87. The highest BCUT2D eigenvalue weighted by Crippen LogP contribution is 2.44. The van der Waals surface area contributed by atoms with Crippen molar-refractivity contribution in [1.29, 1.82) is 0 Å². The molecule has 1 fully saturated rings. The number of carbonyl (C=O) groups excluding carboxylic acids is 2. The number of fused-ring (bicyclic) bond motifs is 3. The summed E-state index contributed by atoms with van der Waals surface area (Å²) in [6.07, 6.45) is 2.51. The summed E-state index contributed by atoms with van der Waals surface area (Å²) >= 11 is 0. The standard InChI is InChI=1S/C27H25N3O5/c31-25(29-14-16-9-12-23(26(32)33)28-13-16)24(17-10-11-17)30-27(34)35-15-22-20-7-3-1-5-18(20)19-6-2-4-8-21(19)22/h1-9,12-13,17,22,24H,10-11,14-15H2,(H,29,31)(H,30,34)(H,32,33). The number of carbonyl (C=O) groups is 3. The van der Waals surface area contributed by atoms with Gasteiger partial charge in [0.15, 0.2) is 0 Å². The van der Waals surface area contributed by atoms with Crippen LogP contribution in [0.25, 0.3) is 11.1 Å². The van der Waals surface area contributed by atoms with E-state index < -0.39 is 18.1 Å². The second-order valence-corrected chi connectivity index (χ2v) is 8.86. The summed E-state index contributed by atoms with van der Waals surface area (Å²) in [7, 11) is 0. The molecule has 8 nitrogen and oxygen atoms in total. The van der Waals surface area contributed by atoms with E-state index in [1.807, 2.05) is 24.3 Å². The second kappa shape index (κ2) is 9.58. The van der Waals surface area contributed by atoms with Crippen molar-refractivity contribution in [2.45, 2.75) is 31.3 Å². The zero-order valence-electron chi connectivity index (χ0n) is 18.9. The molecule has 3 N–H and O–H groups in total. The fraction of sp³-hybridized carbons (Fsp3) is 0.259. The van der Waals surface area contributed by atoms with Gasteiger partial charge in [0.1, 0.15) is 18.3 Å². The van der Waals surface area contributed by atoms with Crippen LogP contribution >= 0.6 is 0 Å². The van der Waals surface area contributed by atoms with Crippen molar-refractivity contribution in [3.63, 3.8) is 0 Å². The summed E-state index contributed by atoms with van der Waals surface area (Å²) < 4.78 is 5.60. The fourth-order valence-electron chi connectivity index (χ4n) is 4.55. The maximum absolute atomic E-state index is 12.8. The number of amides is 2. The van der Waals surface area contributed by atoms with Crippen LogP contribution in [0.4, 0.5) is 4.79 Å². The lowest BCUT2D eigenvalue weighted by atomic mass is 9.98. The first kappa shape index (κ1) is 22.6. The Morgan fingerprint density at radius 3 is 2.20 bits per heavy atom. The third-order valence-electron chi connectivity index (χ3n) is 6.50. The molecule has 1 unspecified atom stereocenters. The number of alkyl carbamates (subject to hydrolysis) is 1. The Morgan fingerprint density at radius 2 is 1.63 bits per heavy atom. The van der Waals surface area contributed by atoms with E-state index in [0.29, 0.717) is 5.56 Å². The van der Waals surface area contributed by atoms with E-state index in [1.165, 1.54) is 12.3 Å². The van der Waals surface area contributed by atoms with Gasteiger partial charge in [-0.1, -0.05) is 54.6 Å². The molecular weight excluding hydrogens is 446 g/mol. The molecule has 3 aromatic rings. The minimum Gasteiger partial charge on any atom is -0.477 e. The molecule has 0 aliphatic heterocycles. The normalized spacial score (nSPS) is 15.0. The molecule has 1 heterocycles. The van der Waals surface area contributed by atoms with E-state index in [1.54, 1.807) is 6.07 Å². The van der Waals surface area contributed by atoms with Crippen LogP contribution in [0.2, 0.25) is 0 Å². The smallest absolute Gasteiger partial charge is 0.407 e. The van der Waals surface area contributed by atoms with Gasteiger partial charge in [-0.2, -0.15) is 0 Å². The van der Waals surface area contributed by atoms with Crippen LogP contribution in [0.5, 0.6) is 0 Å². The Hall–Kier alpha value is -4.20. The van der Waals surface area contributed by atoms with Crippen LogP contribution in [-0.4, -0.2) is 40.7 Å². The number of hydrogen-bond acceptors (Lipinski definition) is 5. The highest BCUT2D eigenvalue weighted by Gasteiger charge is 2.38. The Morgan fingerprint density at radius 1 is 0.971 bits per heavy atom. The summed E-state index contributed by atoms with van der Waals surface area (Å²) in [6.45, 7) is 0.363. The molecule has 0 saturated heterocycles. The summed E-state index contributed by atoms with van der Waals surface area (Å²) in [5.41, 5.74) is 5.16. The molecule has 0 spiro atoms.